The maximum atomic E-state index is 5.70. The molecule has 1 aromatic heterocycles. The van der Waals surface area contributed by atoms with Gasteiger partial charge in [-0.3, -0.25) is 0 Å². The van der Waals surface area contributed by atoms with E-state index in [1.807, 2.05) is 20.9 Å². The molecule has 0 aliphatic heterocycles. The minimum absolute atomic E-state index is 0.148. The summed E-state index contributed by atoms with van der Waals surface area (Å²) in [6.07, 6.45) is 5.41. The second-order valence-electron chi connectivity index (χ2n) is 5.67. The highest BCUT2D eigenvalue weighted by atomic mass is 16.5. The number of nitrogens with zero attached hydrogens (tertiary/aromatic N) is 2. The van der Waals surface area contributed by atoms with Crippen molar-refractivity contribution in [3.8, 4) is 18.2 Å². The fourth-order valence-corrected chi connectivity index (χ4v) is 1.23. The molecule has 0 aliphatic carbocycles. The van der Waals surface area contributed by atoms with Gasteiger partial charge in [-0.05, 0) is 13.8 Å². The normalized spacial score (nSPS) is 11.8. The van der Waals surface area contributed by atoms with E-state index in [-0.39, 0.29) is 5.41 Å². The summed E-state index contributed by atoms with van der Waals surface area (Å²) in [4.78, 5) is 8.84. The van der Waals surface area contributed by atoms with Crippen LogP contribution in [0.5, 0.6) is 5.88 Å². The molecule has 0 fully saturated rings. The molecule has 0 unspecified atom stereocenters. The van der Waals surface area contributed by atoms with Crippen molar-refractivity contribution in [2.75, 3.05) is 12.4 Å². The lowest BCUT2D eigenvalue weighted by Crippen LogP contribution is -2.27. The molecule has 1 heterocycles. The van der Waals surface area contributed by atoms with Gasteiger partial charge in [0.2, 0.25) is 5.88 Å². The summed E-state index contributed by atoms with van der Waals surface area (Å²) in [5, 5.41) is 3.00. The number of anilines is 1. The first-order chi connectivity index (χ1) is 8.18. The highest BCUT2D eigenvalue weighted by molar-refractivity contribution is 5.39. The third kappa shape index (κ3) is 3.63. The zero-order chi connectivity index (χ0) is 14.0. The maximum absolute atomic E-state index is 5.70. The van der Waals surface area contributed by atoms with E-state index in [9.17, 15) is 0 Å². The summed E-state index contributed by atoms with van der Waals surface area (Å²) in [7, 11) is 1.81. The first-order valence-electron chi connectivity index (χ1n) is 5.92. The predicted octanol–water partition coefficient (Wildman–Crippen LogP) is 2.61. The third-order valence-electron chi connectivity index (χ3n) is 2.34. The van der Waals surface area contributed by atoms with Crippen molar-refractivity contribution >= 4 is 5.82 Å². The largest absolute Gasteiger partial charge is 0.458 e. The Morgan fingerprint density at radius 3 is 2.28 bits per heavy atom. The topological polar surface area (TPSA) is 47.0 Å². The van der Waals surface area contributed by atoms with Crippen molar-refractivity contribution in [2.45, 2.75) is 45.6 Å². The molecule has 4 heteroatoms. The van der Waals surface area contributed by atoms with Gasteiger partial charge >= 0.3 is 0 Å². The van der Waals surface area contributed by atoms with Crippen molar-refractivity contribution in [3.05, 3.63) is 11.9 Å². The minimum atomic E-state index is -0.686. The van der Waals surface area contributed by atoms with Crippen LogP contribution in [-0.2, 0) is 5.41 Å². The molecular weight excluding hydrogens is 226 g/mol. The summed E-state index contributed by atoms with van der Waals surface area (Å²) in [5.74, 6) is 4.51. The van der Waals surface area contributed by atoms with Gasteiger partial charge in [0.15, 0.2) is 5.60 Å². The summed E-state index contributed by atoms with van der Waals surface area (Å²) in [6.45, 7) is 9.81. The minimum Gasteiger partial charge on any atom is -0.458 e. The second kappa shape index (κ2) is 4.85. The van der Waals surface area contributed by atoms with E-state index in [1.165, 1.54) is 0 Å². The Bertz CT molecular complexity index is 467. The molecule has 0 radical (unpaired) electrons. The number of rotatable bonds is 3. The van der Waals surface area contributed by atoms with Crippen molar-refractivity contribution in [3.63, 3.8) is 0 Å². The van der Waals surface area contributed by atoms with E-state index in [0.717, 1.165) is 11.6 Å². The van der Waals surface area contributed by atoms with Crippen molar-refractivity contribution in [2.24, 2.45) is 0 Å². The Morgan fingerprint density at radius 1 is 1.22 bits per heavy atom. The highest BCUT2D eigenvalue weighted by Crippen LogP contribution is 2.25. The van der Waals surface area contributed by atoms with Crippen LogP contribution < -0.4 is 10.1 Å². The van der Waals surface area contributed by atoms with Crippen molar-refractivity contribution in [1.29, 1.82) is 0 Å². The van der Waals surface area contributed by atoms with Crippen LogP contribution in [0.1, 0.15) is 40.4 Å². The molecule has 0 aromatic carbocycles. The van der Waals surface area contributed by atoms with Crippen LogP contribution in [0.4, 0.5) is 5.82 Å². The molecule has 0 saturated heterocycles. The average molecular weight is 247 g/mol. The van der Waals surface area contributed by atoms with E-state index in [1.54, 1.807) is 6.07 Å². The lowest BCUT2D eigenvalue weighted by Gasteiger charge is -2.22. The molecule has 1 aromatic rings. The van der Waals surface area contributed by atoms with E-state index in [0.29, 0.717) is 5.88 Å². The number of terminal acetylenes is 1. The van der Waals surface area contributed by atoms with Gasteiger partial charge in [0.25, 0.3) is 0 Å². The standard InChI is InChI=1S/C14H21N3O/c1-8-14(5,6)18-11-9-10(15-7)16-12(17-11)13(2,3)4/h1,9H,2-7H3,(H,15,16,17). The van der Waals surface area contributed by atoms with Gasteiger partial charge in [0.1, 0.15) is 11.6 Å². The fraction of sp³-hybridized carbons (Fsp3) is 0.571. The predicted molar refractivity (Wildman–Crippen MR) is 73.8 cm³/mol. The van der Waals surface area contributed by atoms with Gasteiger partial charge in [-0.2, -0.15) is 4.98 Å². The van der Waals surface area contributed by atoms with E-state index in [2.05, 4.69) is 42.0 Å². The van der Waals surface area contributed by atoms with E-state index in [4.69, 9.17) is 11.2 Å². The smallest absolute Gasteiger partial charge is 0.220 e. The molecule has 98 valence electrons. The van der Waals surface area contributed by atoms with Gasteiger partial charge < -0.3 is 10.1 Å². The molecule has 0 bridgehead atoms. The van der Waals surface area contributed by atoms with Gasteiger partial charge in [-0.1, -0.05) is 26.7 Å². The Kier molecular flexibility index (Phi) is 3.85. The SMILES string of the molecule is C#CC(C)(C)Oc1cc(NC)nc(C(C)(C)C)n1. The van der Waals surface area contributed by atoms with Gasteiger partial charge in [0, 0.05) is 18.5 Å². The number of nitrogens with one attached hydrogen (secondary N) is 1. The zero-order valence-electron chi connectivity index (χ0n) is 12.0. The fourth-order valence-electron chi connectivity index (χ4n) is 1.23. The Balaban J connectivity index is 3.18. The molecule has 0 amide bonds. The van der Waals surface area contributed by atoms with Crippen LogP contribution in [0, 0.1) is 12.3 Å². The molecule has 4 nitrogen and oxygen atoms in total. The number of aromatic nitrogens is 2. The highest BCUT2D eigenvalue weighted by Gasteiger charge is 2.22. The molecule has 18 heavy (non-hydrogen) atoms. The molecule has 0 spiro atoms. The van der Waals surface area contributed by atoms with Crippen LogP contribution in [0.3, 0.4) is 0 Å². The van der Waals surface area contributed by atoms with Crippen LogP contribution >= 0.6 is 0 Å². The lowest BCUT2D eigenvalue weighted by molar-refractivity contribution is 0.163. The van der Waals surface area contributed by atoms with Gasteiger partial charge in [-0.15, -0.1) is 6.42 Å². The number of ether oxygens (including phenoxy) is 1. The van der Waals surface area contributed by atoms with E-state index >= 15 is 0 Å². The van der Waals surface area contributed by atoms with Crippen molar-refractivity contribution < 1.29 is 4.74 Å². The van der Waals surface area contributed by atoms with Crippen LogP contribution in [0.25, 0.3) is 0 Å². The summed E-state index contributed by atoms with van der Waals surface area (Å²) in [5.41, 5.74) is -0.834. The quantitative estimate of drug-likeness (QED) is 0.834. The molecule has 0 atom stereocenters. The summed E-state index contributed by atoms with van der Waals surface area (Å²) in [6, 6.07) is 1.74. The molecule has 0 saturated carbocycles. The Morgan fingerprint density at radius 2 is 1.83 bits per heavy atom. The summed E-state index contributed by atoms with van der Waals surface area (Å²) < 4.78 is 5.70. The van der Waals surface area contributed by atoms with Gasteiger partial charge in [0.05, 0.1) is 0 Å². The Labute approximate surface area is 109 Å². The van der Waals surface area contributed by atoms with Crippen LogP contribution in [0.15, 0.2) is 6.07 Å². The first kappa shape index (κ1) is 14.3. The molecule has 1 rings (SSSR count). The molecular formula is C14H21N3O. The number of hydrogen-bond donors (Lipinski definition) is 1. The van der Waals surface area contributed by atoms with Crippen LogP contribution in [0.2, 0.25) is 0 Å². The van der Waals surface area contributed by atoms with Crippen LogP contribution in [-0.4, -0.2) is 22.6 Å². The molecule has 1 N–H and O–H groups in total. The maximum Gasteiger partial charge on any atom is 0.220 e. The van der Waals surface area contributed by atoms with Crippen molar-refractivity contribution in [1.82, 2.24) is 9.97 Å². The van der Waals surface area contributed by atoms with Gasteiger partial charge in [-0.25, -0.2) is 4.98 Å². The summed E-state index contributed by atoms with van der Waals surface area (Å²) >= 11 is 0. The third-order valence-corrected chi connectivity index (χ3v) is 2.34. The zero-order valence-corrected chi connectivity index (χ0v) is 12.0. The molecule has 0 aliphatic rings. The lowest BCUT2D eigenvalue weighted by atomic mass is 9.96. The van der Waals surface area contributed by atoms with E-state index < -0.39 is 5.60 Å². The average Bonchev–Trinajstić information content (AvgIpc) is 2.27. The second-order valence-corrected chi connectivity index (χ2v) is 5.67. The first-order valence-corrected chi connectivity index (χ1v) is 5.92. The Hall–Kier alpha value is -1.76. The number of hydrogen-bond acceptors (Lipinski definition) is 4. The monoisotopic (exact) mass is 247 g/mol.